The highest BCUT2D eigenvalue weighted by atomic mass is 79.9. The summed E-state index contributed by atoms with van der Waals surface area (Å²) >= 11 is 3.01. The van der Waals surface area contributed by atoms with Crippen LogP contribution >= 0.6 is 15.9 Å². The molecule has 0 saturated heterocycles. The summed E-state index contributed by atoms with van der Waals surface area (Å²) in [7, 11) is 0. The maximum Gasteiger partial charge on any atom is 0.202 e. The summed E-state index contributed by atoms with van der Waals surface area (Å²) in [5.41, 5.74) is -0.338. The molecule has 0 aliphatic rings. The van der Waals surface area contributed by atoms with Crippen LogP contribution in [0.5, 0.6) is 5.75 Å². The lowest BCUT2D eigenvalue weighted by Gasteiger charge is -2.13. The van der Waals surface area contributed by atoms with Crippen molar-refractivity contribution in [2.75, 3.05) is 0 Å². The van der Waals surface area contributed by atoms with Gasteiger partial charge in [0.25, 0.3) is 0 Å². The van der Waals surface area contributed by atoms with E-state index in [9.17, 15) is 13.6 Å². The predicted octanol–water partition coefficient (Wildman–Crippen LogP) is 3.33. The first-order chi connectivity index (χ1) is 6.97. The Morgan fingerprint density at radius 1 is 1.40 bits per heavy atom. The summed E-state index contributed by atoms with van der Waals surface area (Å²) in [6.45, 7) is 3.38. The summed E-state index contributed by atoms with van der Waals surface area (Å²) in [5, 5.41) is 0. The molecule has 5 heteroatoms. The molecule has 0 atom stereocenters. The fraction of sp³-hybridized carbons (Fsp3) is 0.300. The first-order valence-corrected chi connectivity index (χ1v) is 5.06. The van der Waals surface area contributed by atoms with Crippen LogP contribution in [-0.4, -0.2) is 12.4 Å². The van der Waals surface area contributed by atoms with E-state index in [1.54, 1.807) is 13.8 Å². The van der Waals surface area contributed by atoms with Crippen molar-refractivity contribution in [2.45, 2.75) is 20.0 Å². The highest BCUT2D eigenvalue weighted by Gasteiger charge is 2.19. The van der Waals surface area contributed by atoms with Crippen molar-refractivity contribution < 1.29 is 18.3 Å². The maximum absolute atomic E-state index is 13.4. The maximum atomic E-state index is 13.4. The van der Waals surface area contributed by atoms with Crippen LogP contribution in [0.1, 0.15) is 24.2 Å². The second-order valence-electron chi connectivity index (χ2n) is 3.19. The van der Waals surface area contributed by atoms with E-state index in [2.05, 4.69) is 15.9 Å². The van der Waals surface area contributed by atoms with Crippen LogP contribution in [0, 0.1) is 11.6 Å². The number of halogens is 3. The first kappa shape index (κ1) is 12.1. The van der Waals surface area contributed by atoms with Gasteiger partial charge in [-0.3, -0.25) is 4.79 Å². The van der Waals surface area contributed by atoms with Crippen LogP contribution in [0.4, 0.5) is 8.78 Å². The summed E-state index contributed by atoms with van der Waals surface area (Å²) < 4.78 is 31.9. The zero-order chi connectivity index (χ0) is 11.6. The molecule has 0 aliphatic heterocycles. The Morgan fingerprint density at radius 2 is 2.00 bits per heavy atom. The van der Waals surface area contributed by atoms with E-state index in [0.29, 0.717) is 0 Å². The average molecular weight is 279 g/mol. The molecule has 0 N–H and O–H groups in total. The third-order valence-corrected chi connectivity index (χ3v) is 2.21. The van der Waals surface area contributed by atoms with E-state index in [1.165, 1.54) is 6.07 Å². The molecule has 0 radical (unpaired) electrons. The van der Waals surface area contributed by atoms with E-state index >= 15 is 0 Å². The monoisotopic (exact) mass is 278 g/mol. The molecular weight excluding hydrogens is 270 g/mol. The van der Waals surface area contributed by atoms with Gasteiger partial charge in [-0.25, -0.2) is 4.39 Å². The second kappa shape index (κ2) is 4.70. The molecular formula is C10H9BrF2O2. The molecule has 2 nitrogen and oxygen atoms in total. The standard InChI is InChI=1S/C10H9BrF2O2/c1-5(2)15-10-7(11)3-6(4-14)8(12)9(10)13/h3-5H,1-2H3. The summed E-state index contributed by atoms with van der Waals surface area (Å²) in [4.78, 5) is 10.4. The largest absolute Gasteiger partial charge is 0.487 e. The average Bonchev–Trinajstić information content (AvgIpc) is 2.18. The van der Waals surface area contributed by atoms with Gasteiger partial charge in [0.15, 0.2) is 17.9 Å². The van der Waals surface area contributed by atoms with Gasteiger partial charge in [-0.1, -0.05) is 0 Å². The highest BCUT2D eigenvalue weighted by molar-refractivity contribution is 9.10. The summed E-state index contributed by atoms with van der Waals surface area (Å²) in [6, 6.07) is 1.18. The van der Waals surface area contributed by atoms with Crippen LogP contribution < -0.4 is 4.74 Å². The molecule has 82 valence electrons. The molecule has 1 aromatic rings. The van der Waals surface area contributed by atoms with Crippen molar-refractivity contribution in [3.05, 3.63) is 27.7 Å². The molecule has 1 rings (SSSR count). The Bertz CT molecular complexity index is 391. The molecule has 0 heterocycles. The zero-order valence-electron chi connectivity index (χ0n) is 8.18. The van der Waals surface area contributed by atoms with E-state index in [4.69, 9.17) is 4.74 Å². The number of carbonyl (C=O) groups is 1. The van der Waals surface area contributed by atoms with Crippen molar-refractivity contribution in [1.82, 2.24) is 0 Å². The van der Waals surface area contributed by atoms with Crippen LogP contribution in [0.2, 0.25) is 0 Å². The number of ether oxygens (including phenoxy) is 1. The lowest BCUT2D eigenvalue weighted by molar-refractivity contribution is 0.111. The third-order valence-electron chi connectivity index (χ3n) is 1.63. The summed E-state index contributed by atoms with van der Waals surface area (Å²) in [6.07, 6.45) is -0.0280. The second-order valence-corrected chi connectivity index (χ2v) is 4.04. The number of aldehydes is 1. The fourth-order valence-electron chi connectivity index (χ4n) is 1.03. The Labute approximate surface area is 94.4 Å². The molecule has 0 aromatic heterocycles. The number of carbonyl (C=O) groups excluding carboxylic acids is 1. The van der Waals surface area contributed by atoms with E-state index in [1.807, 2.05) is 0 Å². The van der Waals surface area contributed by atoms with Gasteiger partial charge in [0.2, 0.25) is 5.82 Å². The Hall–Kier alpha value is -0.970. The number of hydrogen-bond donors (Lipinski definition) is 0. The Balaban J connectivity index is 3.29. The molecule has 0 bridgehead atoms. The number of benzene rings is 1. The molecule has 1 aromatic carbocycles. The Morgan fingerprint density at radius 3 is 2.47 bits per heavy atom. The normalized spacial score (nSPS) is 10.5. The molecule has 0 fully saturated rings. The molecule has 0 aliphatic carbocycles. The smallest absolute Gasteiger partial charge is 0.202 e. The lowest BCUT2D eigenvalue weighted by Crippen LogP contribution is -2.09. The van der Waals surface area contributed by atoms with Crippen molar-refractivity contribution in [3.63, 3.8) is 0 Å². The molecule has 0 amide bonds. The van der Waals surface area contributed by atoms with Gasteiger partial charge in [-0.15, -0.1) is 0 Å². The lowest BCUT2D eigenvalue weighted by atomic mass is 10.2. The van der Waals surface area contributed by atoms with Crippen LogP contribution in [0.15, 0.2) is 10.5 Å². The number of hydrogen-bond acceptors (Lipinski definition) is 2. The fourth-order valence-corrected chi connectivity index (χ4v) is 1.54. The van der Waals surface area contributed by atoms with E-state index in [-0.39, 0.29) is 28.2 Å². The van der Waals surface area contributed by atoms with E-state index in [0.717, 1.165) is 0 Å². The van der Waals surface area contributed by atoms with Crippen molar-refractivity contribution in [2.24, 2.45) is 0 Å². The van der Waals surface area contributed by atoms with Gasteiger partial charge in [0.1, 0.15) is 0 Å². The molecule has 0 spiro atoms. The minimum atomic E-state index is -1.19. The van der Waals surface area contributed by atoms with Crippen LogP contribution in [-0.2, 0) is 0 Å². The zero-order valence-corrected chi connectivity index (χ0v) is 9.77. The van der Waals surface area contributed by atoms with Gasteiger partial charge >= 0.3 is 0 Å². The molecule has 0 unspecified atom stereocenters. The van der Waals surface area contributed by atoms with Crippen molar-refractivity contribution >= 4 is 22.2 Å². The molecule has 0 saturated carbocycles. The van der Waals surface area contributed by atoms with Crippen molar-refractivity contribution in [3.8, 4) is 5.75 Å². The van der Waals surface area contributed by atoms with Gasteiger partial charge < -0.3 is 4.74 Å². The topological polar surface area (TPSA) is 26.3 Å². The van der Waals surface area contributed by atoms with Crippen molar-refractivity contribution in [1.29, 1.82) is 0 Å². The van der Waals surface area contributed by atoms with E-state index < -0.39 is 11.6 Å². The minimum Gasteiger partial charge on any atom is -0.487 e. The Kier molecular flexibility index (Phi) is 3.79. The first-order valence-electron chi connectivity index (χ1n) is 4.26. The van der Waals surface area contributed by atoms with Crippen LogP contribution in [0.25, 0.3) is 0 Å². The van der Waals surface area contributed by atoms with Gasteiger partial charge in [-0.2, -0.15) is 4.39 Å². The quantitative estimate of drug-likeness (QED) is 0.626. The van der Waals surface area contributed by atoms with Gasteiger partial charge in [-0.05, 0) is 35.8 Å². The number of rotatable bonds is 3. The SMILES string of the molecule is CC(C)Oc1c(Br)cc(C=O)c(F)c1F. The molecule has 15 heavy (non-hydrogen) atoms. The van der Waals surface area contributed by atoms with Gasteiger partial charge in [0.05, 0.1) is 16.1 Å². The van der Waals surface area contributed by atoms with Crippen LogP contribution in [0.3, 0.4) is 0 Å². The highest BCUT2D eigenvalue weighted by Crippen LogP contribution is 2.32. The van der Waals surface area contributed by atoms with Gasteiger partial charge in [0, 0.05) is 0 Å². The summed E-state index contributed by atoms with van der Waals surface area (Å²) in [5.74, 6) is -2.56. The third kappa shape index (κ3) is 2.53. The minimum absolute atomic E-state index is 0.215. The predicted molar refractivity (Wildman–Crippen MR) is 55.2 cm³/mol.